The standard InChI is InChI=1S/C15H19BrN2O3/c1-10-12(14(19)20)7-8-18(10)15(21)17(2)9-11-5-3-4-6-13(11)16/h3-6,10,12H,7-9H2,1-2H3,(H,19,20). The lowest BCUT2D eigenvalue weighted by atomic mass is 10.0. The molecule has 1 aliphatic heterocycles. The van der Waals surface area contributed by atoms with Gasteiger partial charge in [0.25, 0.3) is 0 Å². The number of urea groups is 1. The molecule has 1 N–H and O–H groups in total. The highest BCUT2D eigenvalue weighted by Gasteiger charge is 2.39. The minimum Gasteiger partial charge on any atom is -0.481 e. The van der Waals surface area contributed by atoms with Gasteiger partial charge in [-0.3, -0.25) is 4.79 Å². The minimum atomic E-state index is -0.828. The largest absolute Gasteiger partial charge is 0.481 e. The smallest absolute Gasteiger partial charge is 0.320 e. The molecule has 1 heterocycles. The fourth-order valence-electron chi connectivity index (χ4n) is 2.71. The molecule has 2 amide bonds. The first-order chi connectivity index (χ1) is 9.91. The van der Waals surface area contributed by atoms with Crippen LogP contribution < -0.4 is 0 Å². The van der Waals surface area contributed by atoms with E-state index in [1.807, 2.05) is 24.3 Å². The first-order valence-electron chi connectivity index (χ1n) is 6.89. The van der Waals surface area contributed by atoms with Gasteiger partial charge in [-0.05, 0) is 25.0 Å². The molecule has 1 aromatic carbocycles. The second kappa shape index (κ2) is 6.47. The van der Waals surface area contributed by atoms with Crippen molar-refractivity contribution in [2.45, 2.75) is 25.9 Å². The summed E-state index contributed by atoms with van der Waals surface area (Å²) in [5.74, 6) is -1.29. The highest BCUT2D eigenvalue weighted by molar-refractivity contribution is 9.10. The first kappa shape index (κ1) is 15.8. The van der Waals surface area contributed by atoms with E-state index in [2.05, 4.69) is 15.9 Å². The van der Waals surface area contributed by atoms with Gasteiger partial charge in [-0.2, -0.15) is 0 Å². The Labute approximate surface area is 132 Å². The molecule has 2 unspecified atom stereocenters. The van der Waals surface area contributed by atoms with Gasteiger partial charge < -0.3 is 14.9 Å². The molecule has 1 aliphatic rings. The molecule has 0 aliphatic carbocycles. The molecule has 0 radical (unpaired) electrons. The summed E-state index contributed by atoms with van der Waals surface area (Å²) in [6.45, 7) is 2.79. The topological polar surface area (TPSA) is 60.9 Å². The Hall–Kier alpha value is -1.56. The van der Waals surface area contributed by atoms with E-state index in [0.29, 0.717) is 19.5 Å². The maximum Gasteiger partial charge on any atom is 0.320 e. The number of carboxylic acids is 1. The third kappa shape index (κ3) is 3.37. The lowest BCUT2D eigenvalue weighted by Crippen LogP contribution is -2.44. The molecule has 2 atom stereocenters. The van der Waals surface area contributed by atoms with Crippen LogP contribution in [0.2, 0.25) is 0 Å². The van der Waals surface area contributed by atoms with Crippen molar-refractivity contribution in [2.24, 2.45) is 5.92 Å². The molecule has 1 fully saturated rings. The van der Waals surface area contributed by atoms with Crippen LogP contribution in [0.5, 0.6) is 0 Å². The highest BCUT2D eigenvalue weighted by Crippen LogP contribution is 2.26. The van der Waals surface area contributed by atoms with Crippen LogP contribution in [0.15, 0.2) is 28.7 Å². The summed E-state index contributed by atoms with van der Waals surface area (Å²) in [7, 11) is 1.74. The third-order valence-corrected chi connectivity index (χ3v) is 4.78. The van der Waals surface area contributed by atoms with E-state index >= 15 is 0 Å². The van der Waals surface area contributed by atoms with Gasteiger partial charge in [0.15, 0.2) is 0 Å². The summed E-state index contributed by atoms with van der Waals surface area (Å²) in [5.41, 5.74) is 1.02. The number of rotatable bonds is 3. The fourth-order valence-corrected chi connectivity index (χ4v) is 3.12. The molecule has 114 valence electrons. The van der Waals surface area contributed by atoms with Crippen LogP contribution in [0.4, 0.5) is 4.79 Å². The van der Waals surface area contributed by atoms with Crippen molar-refractivity contribution >= 4 is 27.9 Å². The van der Waals surface area contributed by atoms with E-state index in [-0.39, 0.29) is 12.1 Å². The van der Waals surface area contributed by atoms with Gasteiger partial charge in [0.1, 0.15) is 0 Å². The van der Waals surface area contributed by atoms with Crippen molar-refractivity contribution in [3.8, 4) is 0 Å². The molecule has 2 rings (SSSR count). The number of hydrogen-bond donors (Lipinski definition) is 1. The summed E-state index contributed by atoms with van der Waals surface area (Å²) in [5, 5.41) is 9.14. The van der Waals surface area contributed by atoms with Crippen LogP contribution in [-0.2, 0) is 11.3 Å². The molecule has 0 saturated carbocycles. The number of nitrogens with zero attached hydrogens (tertiary/aromatic N) is 2. The van der Waals surface area contributed by atoms with Gasteiger partial charge in [0.05, 0.1) is 5.92 Å². The van der Waals surface area contributed by atoms with E-state index in [0.717, 1.165) is 10.0 Å². The molecule has 1 saturated heterocycles. The van der Waals surface area contributed by atoms with Crippen molar-refractivity contribution in [1.29, 1.82) is 0 Å². The summed E-state index contributed by atoms with van der Waals surface area (Å²) < 4.78 is 0.961. The number of carbonyl (C=O) groups excluding carboxylic acids is 1. The quantitative estimate of drug-likeness (QED) is 0.907. The van der Waals surface area contributed by atoms with Crippen molar-refractivity contribution in [3.05, 3.63) is 34.3 Å². The monoisotopic (exact) mass is 354 g/mol. The Kier molecular flexibility index (Phi) is 4.88. The summed E-state index contributed by atoms with van der Waals surface area (Å²) in [4.78, 5) is 26.9. The predicted octanol–water partition coefficient (Wildman–Crippen LogP) is 2.80. The van der Waals surface area contributed by atoms with E-state index in [1.165, 1.54) is 0 Å². The average molecular weight is 355 g/mol. The fraction of sp³-hybridized carbons (Fsp3) is 0.467. The van der Waals surface area contributed by atoms with Gasteiger partial charge in [-0.25, -0.2) is 4.79 Å². The zero-order valence-electron chi connectivity index (χ0n) is 12.1. The van der Waals surface area contributed by atoms with Gasteiger partial charge in [-0.1, -0.05) is 34.1 Å². The second-order valence-electron chi connectivity index (χ2n) is 5.40. The Balaban J connectivity index is 2.03. The number of amides is 2. The van der Waals surface area contributed by atoms with E-state index < -0.39 is 11.9 Å². The van der Waals surface area contributed by atoms with Crippen molar-refractivity contribution in [1.82, 2.24) is 9.80 Å². The number of carboxylic acid groups (broad SMARTS) is 1. The molecular formula is C15H19BrN2O3. The predicted molar refractivity (Wildman–Crippen MR) is 82.9 cm³/mol. The van der Waals surface area contributed by atoms with Crippen LogP contribution in [0.3, 0.4) is 0 Å². The summed E-state index contributed by atoms with van der Waals surface area (Å²) in [6.07, 6.45) is 0.519. The molecule has 21 heavy (non-hydrogen) atoms. The Morgan fingerprint density at radius 1 is 1.43 bits per heavy atom. The van der Waals surface area contributed by atoms with Crippen LogP contribution in [0.25, 0.3) is 0 Å². The molecular weight excluding hydrogens is 336 g/mol. The molecule has 0 aromatic heterocycles. The number of hydrogen-bond acceptors (Lipinski definition) is 2. The van der Waals surface area contributed by atoms with E-state index in [4.69, 9.17) is 5.11 Å². The SMILES string of the molecule is CC1C(C(=O)O)CCN1C(=O)N(C)Cc1ccccc1Br. The van der Waals surface area contributed by atoms with E-state index in [9.17, 15) is 9.59 Å². The number of benzene rings is 1. The number of carbonyl (C=O) groups is 2. The highest BCUT2D eigenvalue weighted by atomic mass is 79.9. The van der Waals surface area contributed by atoms with Crippen molar-refractivity contribution < 1.29 is 14.7 Å². The lowest BCUT2D eigenvalue weighted by Gasteiger charge is -2.29. The number of aliphatic carboxylic acids is 1. The van der Waals surface area contributed by atoms with Crippen molar-refractivity contribution in [3.63, 3.8) is 0 Å². The maximum absolute atomic E-state index is 12.5. The Bertz CT molecular complexity index is 549. The van der Waals surface area contributed by atoms with Gasteiger partial charge in [-0.15, -0.1) is 0 Å². The average Bonchev–Trinajstić information content (AvgIpc) is 2.82. The van der Waals surface area contributed by atoms with Crippen LogP contribution >= 0.6 is 15.9 Å². The minimum absolute atomic E-state index is 0.123. The zero-order valence-corrected chi connectivity index (χ0v) is 13.7. The molecule has 5 nitrogen and oxygen atoms in total. The van der Waals surface area contributed by atoms with Gasteiger partial charge in [0.2, 0.25) is 0 Å². The summed E-state index contributed by atoms with van der Waals surface area (Å²) in [6, 6.07) is 7.36. The van der Waals surface area contributed by atoms with Crippen molar-refractivity contribution in [2.75, 3.05) is 13.6 Å². The van der Waals surface area contributed by atoms with Gasteiger partial charge in [0, 0.05) is 30.7 Å². The van der Waals surface area contributed by atoms with Crippen LogP contribution in [-0.4, -0.2) is 46.5 Å². The first-order valence-corrected chi connectivity index (χ1v) is 7.69. The number of halogens is 1. The molecule has 0 bridgehead atoms. The molecule has 6 heteroatoms. The maximum atomic E-state index is 12.5. The lowest BCUT2D eigenvalue weighted by molar-refractivity contribution is -0.142. The molecule has 1 aromatic rings. The Morgan fingerprint density at radius 2 is 2.10 bits per heavy atom. The third-order valence-electron chi connectivity index (χ3n) is 4.01. The van der Waals surface area contributed by atoms with Crippen LogP contribution in [0, 0.1) is 5.92 Å². The normalized spacial score (nSPS) is 21.4. The van der Waals surface area contributed by atoms with Gasteiger partial charge >= 0.3 is 12.0 Å². The van der Waals surface area contributed by atoms with Crippen LogP contribution in [0.1, 0.15) is 18.9 Å². The summed E-state index contributed by atoms with van der Waals surface area (Å²) >= 11 is 3.47. The second-order valence-corrected chi connectivity index (χ2v) is 6.25. The van der Waals surface area contributed by atoms with E-state index in [1.54, 1.807) is 23.8 Å². The Morgan fingerprint density at radius 3 is 2.67 bits per heavy atom. The molecule has 0 spiro atoms. The zero-order chi connectivity index (χ0) is 15.6. The number of likely N-dealkylation sites (tertiary alicyclic amines) is 1.